The maximum absolute atomic E-state index is 3.82. The fraction of sp³-hybridized carbons (Fsp3) is 1.00. The molecule has 2 saturated heterocycles. The van der Waals surface area contributed by atoms with Gasteiger partial charge in [0.25, 0.3) is 0 Å². The van der Waals surface area contributed by atoms with Crippen molar-refractivity contribution in [1.82, 2.24) is 10.2 Å². The van der Waals surface area contributed by atoms with Crippen molar-refractivity contribution in [2.24, 2.45) is 5.41 Å². The molecule has 0 bridgehead atoms. The van der Waals surface area contributed by atoms with E-state index < -0.39 is 0 Å². The predicted octanol–water partition coefficient (Wildman–Crippen LogP) is 2.64. The summed E-state index contributed by atoms with van der Waals surface area (Å²) in [6, 6.07) is 0.653. The third-order valence-electron chi connectivity index (χ3n) is 4.40. The van der Waals surface area contributed by atoms with E-state index in [0.29, 0.717) is 22.5 Å². The molecule has 2 heteroatoms. The number of hydrogen-bond donors (Lipinski definition) is 1. The van der Waals surface area contributed by atoms with Crippen LogP contribution in [0, 0.1) is 5.41 Å². The van der Waals surface area contributed by atoms with Crippen LogP contribution in [0.5, 0.6) is 0 Å². The summed E-state index contributed by atoms with van der Waals surface area (Å²) < 4.78 is 0. The zero-order valence-corrected chi connectivity index (χ0v) is 11.9. The summed E-state index contributed by atoms with van der Waals surface area (Å²) in [6.45, 7) is 16.6. The number of rotatable bonds is 1. The normalized spacial score (nSPS) is 37.7. The van der Waals surface area contributed by atoms with Crippen LogP contribution in [0.1, 0.15) is 54.4 Å². The Bertz CT molecular complexity index is 280. The van der Waals surface area contributed by atoms with Crippen LogP contribution in [0.3, 0.4) is 0 Å². The zero-order valence-electron chi connectivity index (χ0n) is 11.9. The summed E-state index contributed by atoms with van der Waals surface area (Å²) in [6.07, 6.45) is 2.62. The molecule has 0 aliphatic carbocycles. The Balaban J connectivity index is 2.17. The van der Waals surface area contributed by atoms with Gasteiger partial charge in [0.1, 0.15) is 0 Å². The second kappa shape index (κ2) is 3.46. The van der Waals surface area contributed by atoms with Gasteiger partial charge < -0.3 is 5.32 Å². The van der Waals surface area contributed by atoms with Gasteiger partial charge in [0.05, 0.1) is 0 Å². The second-order valence-corrected chi connectivity index (χ2v) is 7.69. The first-order valence-corrected chi connectivity index (χ1v) is 6.68. The third-order valence-corrected chi connectivity index (χ3v) is 4.40. The van der Waals surface area contributed by atoms with Crippen molar-refractivity contribution in [1.29, 1.82) is 0 Å². The van der Waals surface area contributed by atoms with Crippen LogP contribution < -0.4 is 5.32 Å². The van der Waals surface area contributed by atoms with Gasteiger partial charge in [-0.2, -0.15) is 0 Å². The van der Waals surface area contributed by atoms with E-state index in [1.807, 2.05) is 0 Å². The highest BCUT2D eigenvalue weighted by Crippen LogP contribution is 2.46. The highest BCUT2D eigenvalue weighted by atomic mass is 15.3. The largest absolute Gasteiger partial charge is 0.309 e. The van der Waals surface area contributed by atoms with Crippen LogP contribution >= 0.6 is 0 Å². The first kappa shape index (κ1) is 12.4. The number of nitrogens with zero attached hydrogens (tertiary/aromatic N) is 1. The molecule has 2 heterocycles. The molecule has 0 amide bonds. The van der Waals surface area contributed by atoms with Gasteiger partial charge in [0, 0.05) is 30.2 Å². The Hall–Kier alpha value is -0.0800. The molecule has 2 aliphatic heterocycles. The molecule has 1 unspecified atom stereocenters. The number of nitrogens with one attached hydrogen (secondary N) is 1. The Kier molecular flexibility index (Phi) is 2.67. The Morgan fingerprint density at radius 3 is 2.06 bits per heavy atom. The van der Waals surface area contributed by atoms with E-state index in [0.717, 1.165) is 0 Å². The lowest BCUT2D eigenvalue weighted by Crippen LogP contribution is -2.44. The first-order valence-electron chi connectivity index (χ1n) is 6.68. The molecule has 2 rings (SSSR count). The number of hydrogen-bond acceptors (Lipinski definition) is 2. The standard InChI is InChI=1S/C14H28N2/c1-11(2)16-10-14(8-13(16,5)6)7-12(3,4)9-15-14/h11,15H,7-10H2,1-6H3. The molecule has 0 aromatic carbocycles. The average molecular weight is 224 g/mol. The number of likely N-dealkylation sites (tertiary alicyclic amines) is 1. The first-order chi connectivity index (χ1) is 7.16. The summed E-state index contributed by atoms with van der Waals surface area (Å²) >= 11 is 0. The fourth-order valence-corrected chi connectivity index (χ4v) is 4.11. The molecule has 1 N–H and O–H groups in total. The van der Waals surface area contributed by atoms with E-state index in [4.69, 9.17) is 0 Å². The molecule has 0 aromatic rings. The maximum atomic E-state index is 3.82. The lowest BCUT2D eigenvalue weighted by Gasteiger charge is -2.34. The van der Waals surface area contributed by atoms with Gasteiger partial charge in [-0.25, -0.2) is 0 Å². The highest BCUT2D eigenvalue weighted by molar-refractivity contribution is 5.12. The molecule has 2 fully saturated rings. The van der Waals surface area contributed by atoms with Crippen LogP contribution in [-0.2, 0) is 0 Å². The summed E-state index contributed by atoms with van der Waals surface area (Å²) in [5, 5.41) is 3.82. The van der Waals surface area contributed by atoms with Crippen LogP contribution in [0.25, 0.3) is 0 Å². The van der Waals surface area contributed by atoms with Gasteiger partial charge in [-0.1, -0.05) is 13.8 Å². The Labute approximate surface area is 101 Å². The van der Waals surface area contributed by atoms with Crippen molar-refractivity contribution in [2.75, 3.05) is 13.1 Å². The zero-order chi connectivity index (χ0) is 12.2. The lowest BCUT2D eigenvalue weighted by molar-refractivity contribution is 0.133. The van der Waals surface area contributed by atoms with E-state index in [1.54, 1.807) is 0 Å². The minimum atomic E-state index is 0.349. The third kappa shape index (κ3) is 2.02. The van der Waals surface area contributed by atoms with Gasteiger partial charge in [-0.3, -0.25) is 4.90 Å². The van der Waals surface area contributed by atoms with E-state index in [2.05, 4.69) is 51.8 Å². The van der Waals surface area contributed by atoms with Crippen LogP contribution in [0.2, 0.25) is 0 Å². The van der Waals surface area contributed by atoms with Crippen molar-refractivity contribution in [2.45, 2.75) is 71.5 Å². The van der Waals surface area contributed by atoms with Crippen LogP contribution in [0.4, 0.5) is 0 Å². The molecule has 16 heavy (non-hydrogen) atoms. The van der Waals surface area contributed by atoms with Crippen molar-refractivity contribution in [3.63, 3.8) is 0 Å². The van der Waals surface area contributed by atoms with Gasteiger partial charge in [-0.15, -0.1) is 0 Å². The fourth-order valence-electron chi connectivity index (χ4n) is 4.11. The minimum Gasteiger partial charge on any atom is -0.309 e. The molecule has 2 nitrogen and oxygen atoms in total. The van der Waals surface area contributed by atoms with Crippen LogP contribution in [0.15, 0.2) is 0 Å². The lowest BCUT2D eigenvalue weighted by atomic mass is 9.81. The van der Waals surface area contributed by atoms with E-state index in [9.17, 15) is 0 Å². The molecule has 0 radical (unpaired) electrons. The van der Waals surface area contributed by atoms with Crippen molar-refractivity contribution < 1.29 is 0 Å². The van der Waals surface area contributed by atoms with Crippen molar-refractivity contribution in [3.05, 3.63) is 0 Å². The minimum absolute atomic E-state index is 0.349. The average Bonchev–Trinajstić information content (AvgIpc) is 2.49. The summed E-state index contributed by atoms with van der Waals surface area (Å²) in [7, 11) is 0. The van der Waals surface area contributed by atoms with E-state index in [1.165, 1.54) is 25.9 Å². The monoisotopic (exact) mass is 224 g/mol. The molecule has 1 atom stereocenters. The van der Waals surface area contributed by atoms with Gasteiger partial charge in [0.15, 0.2) is 0 Å². The van der Waals surface area contributed by atoms with Crippen LogP contribution in [-0.4, -0.2) is 35.1 Å². The van der Waals surface area contributed by atoms with Gasteiger partial charge in [0.2, 0.25) is 0 Å². The SMILES string of the molecule is CC(C)N1CC2(CC(C)(C)CN2)CC1(C)C. The van der Waals surface area contributed by atoms with Gasteiger partial charge in [-0.05, 0) is 46.0 Å². The van der Waals surface area contributed by atoms with Crippen molar-refractivity contribution in [3.8, 4) is 0 Å². The van der Waals surface area contributed by atoms with Gasteiger partial charge >= 0.3 is 0 Å². The Morgan fingerprint density at radius 1 is 1.06 bits per heavy atom. The molecule has 94 valence electrons. The van der Waals surface area contributed by atoms with E-state index in [-0.39, 0.29) is 0 Å². The summed E-state index contributed by atoms with van der Waals surface area (Å²) in [5.74, 6) is 0. The quantitative estimate of drug-likeness (QED) is 0.736. The highest BCUT2D eigenvalue weighted by Gasteiger charge is 2.53. The van der Waals surface area contributed by atoms with E-state index >= 15 is 0 Å². The second-order valence-electron chi connectivity index (χ2n) is 7.69. The molecule has 0 aromatic heterocycles. The topological polar surface area (TPSA) is 15.3 Å². The molecule has 1 spiro atoms. The summed E-state index contributed by atoms with van der Waals surface area (Å²) in [5.41, 5.74) is 1.21. The smallest absolute Gasteiger partial charge is 0.0332 e. The maximum Gasteiger partial charge on any atom is 0.0332 e. The Morgan fingerprint density at radius 2 is 1.69 bits per heavy atom. The molecular formula is C14H28N2. The molecular weight excluding hydrogens is 196 g/mol. The predicted molar refractivity (Wildman–Crippen MR) is 69.7 cm³/mol. The molecule has 0 saturated carbocycles. The van der Waals surface area contributed by atoms with Crippen molar-refractivity contribution >= 4 is 0 Å². The summed E-state index contributed by atoms with van der Waals surface area (Å²) in [4.78, 5) is 2.67. The molecule has 2 aliphatic rings.